The summed E-state index contributed by atoms with van der Waals surface area (Å²) in [5, 5.41) is 6.20. The van der Waals surface area contributed by atoms with Crippen molar-refractivity contribution in [2.45, 2.75) is 0 Å². The Hall–Kier alpha value is -4.04. The Morgan fingerprint density at radius 2 is 1.20 bits per heavy atom. The maximum atomic E-state index is 4.65. The number of nitrogens with zero attached hydrogens (tertiary/aromatic N) is 2. The van der Waals surface area contributed by atoms with Crippen LogP contribution < -0.4 is 0 Å². The summed E-state index contributed by atoms with van der Waals surface area (Å²) in [4.78, 5) is 9.14. The average Bonchev–Trinajstić information content (AvgIpc) is 2.83. The third kappa shape index (κ3) is 2.82. The summed E-state index contributed by atoms with van der Waals surface area (Å²) in [6, 6.07) is 34.2. The van der Waals surface area contributed by atoms with E-state index >= 15 is 0 Å². The first-order chi connectivity index (χ1) is 14.8. The van der Waals surface area contributed by atoms with Gasteiger partial charge in [-0.15, -0.1) is 0 Å². The zero-order chi connectivity index (χ0) is 19.9. The van der Waals surface area contributed by atoms with Crippen molar-refractivity contribution in [3.63, 3.8) is 0 Å². The van der Waals surface area contributed by atoms with E-state index in [1.165, 1.54) is 21.5 Å². The second kappa shape index (κ2) is 6.78. The molecule has 0 aliphatic carbocycles. The van der Waals surface area contributed by atoms with Gasteiger partial charge in [-0.2, -0.15) is 0 Å². The smallest absolute Gasteiger partial charge is 0.0708 e. The number of pyridine rings is 2. The van der Waals surface area contributed by atoms with Gasteiger partial charge in [0.25, 0.3) is 0 Å². The van der Waals surface area contributed by atoms with E-state index in [0.29, 0.717) is 0 Å². The molecule has 0 saturated heterocycles. The molecule has 0 unspecified atom stereocenters. The summed E-state index contributed by atoms with van der Waals surface area (Å²) >= 11 is 0. The van der Waals surface area contributed by atoms with Gasteiger partial charge in [0, 0.05) is 23.3 Å². The highest BCUT2D eigenvalue weighted by Crippen LogP contribution is 2.31. The molecular weight excluding hydrogens is 364 g/mol. The van der Waals surface area contributed by atoms with E-state index in [4.69, 9.17) is 0 Å². The molecule has 0 atom stereocenters. The van der Waals surface area contributed by atoms with Crippen LogP contribution in [0.2, 0.25) is 0 Å². The SMILES string of the molecule is c1cnc2cc(-c3ccnc(-c4ccc5c(ccc6ccccc65)c4)c3)ccc2c1. The Labute approximate surface area is 174 Å². The molecule has 0 saturated carbocycles. The third-order valence-electron chi connectivity index (χ3n) is 5.74. The quantitative estimate of drug-likeness (QED) is 0.294. The van der Waals surface area contributed by atoms with Gasteiger partial charge in [-0.05, 0) is 63.0 Å². The van der Waals surface area contributed by atoms with Crippen molar-refractivity contribution < 1.29 is 0 Å². The summed E-state index contributed by atoms with van der Waals surface area (Å²) in [5.74, 6) is 0. The van der Waals surface area contributed by atoms with Crippen molar-refractivity contribution in [3.8, 4) is 22.4 Å². The second-order valence-corrected chi connectivity index (χ2v) is 7.56. The number of hydrogen-bond donors (Lipinski definition) is 0. The lowest BCUT2D eigenvalue weighted by atomic mass is 9.98. The fourth-order valence-electron chi connectivity index (χ4n) is 4.19. The molecule has 0 radical (unpaired) electrons. The van der Waals surface area contributed by atoms with E-state index in [-0.39, 0.29) is 0 Å². The zero-order valence-electron chi connectivity index (χ0n) is 16.3. The summed E-state index contributed by atoms with van der Waals surface area (Å²) in [6.45, 7) is 0. The van der Waals surface area contributed by atoms with Crippen LogP contribution in [-0.2, 0) is 0 Å². The lowest BCUT2D eigenvalue weighted by Crippen LogP contribution is -1.87. The molecule has 0 bridgehead atoms. The molecule has 0 aliphatic heterocycles. The molecule has 0 aliphatic rings. The monoisotopic (exact) mass is 382 g/mol. The molecule has 140 valence electrons. The predicted octanol–water partition coefficient (Wildman–Crippen LogP) is 7.27. The van der Waals surface area contributed by atoms with E-state index in [2.05, 4.69) is 101 Å². The molecule has 2 nitrogen and oxygen atoms in total. The van der Waals surface area contributed by atoms with Crippen LogP contribution in [0.1, 0.15) is 0 Å². The molecular formula is C28H18N2. The van der Waals surface area contributed by atoms with Gasteiger partial charge in [0.15, 0.2) is 0 Å². The van der Waals surface area contributed by atoms with Crippen LogP contribution in [0.15, 0.2) is 109 Å². The van der Waals surface area contributed by atoms with Gasteiger partial charge in [-0.1, -0.05) is 66.7 Å². The van der Waals surface area contributed by atoms with Gasteiger partial charge in [0.2, 0.25) is 0 Å². The van der Waals surface area contributed by atoms with Crippen LogP contribution in [-0.4, -0.2) is 9.97 Å². The van der Waals surface area contributed by atoms with Gasteiger partial charge >= 0.3 is 0 Å². The Bertz CT molecular complexity index is 1550. The van der Waals surface area contributed by atoms with Crippen LogP contribution in [0.4, 0.5) is 0 Å². The highest BCUT2D eigenvalue weighted by atomic mass is 14.7. The van der Waals surface area contributed by atoms with E-state index in [1.54, 1.807) is 0 Å². The molecule has 2 heterocycles. The minimum absolute atomic E-state index is 0.976. The molecule has 30 heavy (non-hydrogen) atoms. The normalized spacial score (nSPS) is 11.3. The lowest BCUT2D eigenvalue weighted by molar-refractivity contribution is 1.33. The van der Waals surface area contributed by atoms with Gasteiger partial charge in [-0.3, -0.25) is 9.97 Å². The molecule has 0 amide bonds. The third-order valence-corrected chi connectivity index (χ3v) is 5.74. The van der Waals surface area contributed by atoms with E-state index in [1.807, 2.05) is 18.5 Å². The Kier molecular flexibility index (Phi) is 3.82. The Morgan fingerprint density at radius 1 is 0.433 bits per heavy atom. The summed E-state index contributed by atoms with van der Waals surface area (Å²) in [7, 11) is 0. The fraction of sp³-hybridized carbons (Fsp3) is 0. The van der Waals surface area contributed by atoms with Crippen molar-refractivity contribution in [3.05, 3.63) is 109 Å². The number of hydrogen-bond acceptors (Lipinski definition) is 2. The Balaban J connectivity index is 1.46. The van der Waals surface area contributed by atoms with Crippen LogP contribution in [0, 0.1) is 0 Å². The first kappa shape index (κ1) is 16.9. The van der Waals surface area contributed by atoms with Crippen LogP contribution in [0.25, 0.3) is 54.8 Å². The maximum Gasteiger partial charge on any atom is 0.0708 e. The highest BCUT2D eigenvalue weighted by Gasteiger charge is 2.07. The second-order valence-electron chi connectivity index (χ2n) is 7.56. The van der Waals surface area contributed by atoms with Gasteiger partial charge in [0.1, 0.15) is 0 Å². The van der Waals surface area contributed by atoms with Crippen LogP contribution >= 0.6 is 0 Å². The van der Waals surface area contributed by atoms with Crippen molar-refractivity contribution >= 4 is 32.4 Å². The molecule has 0 fully saturated rings. The molecule has 2 heteroatoms. The average molecular weight is 382 g/mol. The van der Waals surface area contributed by atoms with Gasteiger partial charge < -0.3 is 0 Å². The maximum absolute atomic E-state index is 4.65. The van der Waals surface area contributed by atoms with E-state index in [9.17, 15) is 0 Å². The first-order valence-electron chi connectivity index (χ1n) is 10.1. The van der Waals surface area contributed by atoms with Crippen molar-refractivity contribution in [1.82, 2.24) is 9.97 Å². The molecule has 6 aromatic rings. The summed E-state index contributed by atoms with van der Waals surface area (Å²) in [6.07, 6.45) is 3.72. The number of fused-ring (bicyclic) bond motifs is 4. The number of benzene rings is 4. The topological polar surface area (TPSA) is 25.8 Å². The summed E-state index contributed by atoms with van der Waals surface area (Å²) in [5.41, 5.74) is 5.40. The number of rotatable bonds is 2. The minimum Gasteiger partial charge on any atom is -0.256 e. The zero-order valence-corrected chi connectivity index (χ0v) is 16.3. The summed E-state index contributed by atoms with van der Waals surface area (Å²) < 4.78 is 0. The number of aromatic nitrogens is 2. The Morgan fingerprint density at radius 3 is 2.20 bits per heavy atom. The van der Waals surface area contributed by atoms with Crippen molar-refractivity contribution in [2.75, 3.05) is 0 Å². The van der Waals surface area contributed by atoms with E-state index < -0.39 is 0 Å². The van der Waals surface area contributed by atoms with Crippen LogP contribution in [0.5, 0.6) is 0 Å². The van der Waals surface area contributed by atoms with Gasteiger partial charge in [0.05, 0.1) is 11.2 Å². The molecule has 0 spiro atoms. The minimum atomic E-state index is 0.976. The van der Waals surface area contributed by atoms with Crippen molar-refractivity contribution in [1.29, 1.82) is 0 Å². The largest absolute Gasteiger partial charge is 0.256 e. The molecule has 0 N–H and O–H groups in total. The van der Waals surface area contributed by atoms with Crippen LogP contribution in [0.3, 0.4) is 0 Å². The fourth-order valence-corrected chi connectivity index (χ4v) is 4.19. The molecule has 4 aromatic carbocycles. The lowest BCUT2D eigenvalue weighted by Gasteiger charge is -2.09. The highest BCUT2D eigenvalue weighted by molar-refractivity contribution is 6.08. The van der Waals surface area contributed by atoms with Crippen molar-refractivity contribution in [2.24, 2.45) is 0 Å². The first-order valence-corrected chi connectivity index (χ1v) is 10.1. The predicted molar refractivity (Wildman–Crippen MR) is 125 cm³/mol. The van der Waals surface area contributed by atoms with E-state index in [0.717, 1.165) is 33.3 Å². The standard InChI is InChI=1S/C28H18N2/c1-2-6-25-19(4-1)7-10-23-16-24(11-12-26(23)25)28-18-22(13-15-30-28)21-9-8-20-5-3-14-29-27(20)17-21/h1-18H. The van der Waals surface area contributed by atoms with Gasteiger partial charge in [-0.25, -0.2) is 0 Å². The molecule has 2 aromatic heterocycles. The molecule has 6 rings (SSSR count).